The molecule has 2 aliphatic heterocycles. The van der Waals surface area contributed by atoms with Crippen LogP contribution >= 0.6 is 0 Å². The highest BCUT2D eigenvalue weighted by Gasteiger charge is 2.36. The van der Waals surface area contributed by atoms with Crippen molar-refractivity contribution in [3.63, 3.8) is 0 Å². The van der Waals surface area contributed by atoms with Gasteiger partial charge in [0.15, 0.2) is 0 Å². The predicted octanol–water partition coefficient (Wildman–Crippen LogP) is 2.92. The number of amides is 1. The largest absolute Gasteiger partial charge is 0.417 e. The summed E-state index contributed by atoms with van der Waals surface area (Å²) in [5, 5.41) is 0. The number of hydrogen-bond acceptors (Lipinski definition) is 4. The third-order valence-corrected chi connectivity index (χ3v) is 5.00. The summed E-state index contributed by atoms with van der Waals surface area (Å²) in [5.74, 6) is -0.334. The number of aliphatic imine (C=N–C) groups is 1. The average Bonchev–Trinajstić information content (AvgIpc) is 3.06. The number of alkyl halides is 3. The minimum atomic E-state index is -4.57. The van der Waals surface area contributed by atoms with Crippen LogP contribution in [0.3, 0.4) is 0 Å². The fourth-order valence-electron chi connectivity index (χ4n) is 3.54. The van der Waals surface area contributed by atoms with Crippen molar-refractivity contribution in [1.29, 1.82) is 0 Å². The van der Waals surface area contributed by atoms with Gasteiger partial charge in [-0.1, -0.05) is 0 Å². The molecule has 2 aliphatic rings. The van der Waals surface area contributed by atoms with Crippen molar-refractivity contribution in [1.82, 2.24) is 4.90 Å². The average molecular weight is 380 g/mol. The molecule has 0 spiro atoms. The molecule has 1 aromatic carbocycles. The maximum Gasteiger partial charge on any atom is 0.417 e. The number of carbonyl (C=O) groups is 1. The van der Waals surface area contributed by atoms with Gasteiger partial charge in [-0.05, 0) is 37.1 Å². The zero-order valence-corrected chi connectivity index (χ0v) is 15.4. The molecule has 0 unspecified atom stereocenters. The van der Waals surface area contributed by atoms with Gasteiger partial charge in [-0.3, -0.25) is 9.79 Å². The molecule has 1 amide bonds. The van der Waals surface area contributed by atoms with Crippen LogP contribution in [0.5, 0.6) is 0 Å². The fraction of sp³-hybridized carbons (Fsp3) is 0.474. The van der Waals surface area contributed by atoms with Crippen molar-refractivity contribution in [3.8, 4) is 0 Å². The molecule has 0 aromatic heterocycles. The lowest BCUT2D eigenvalue weighted by molar-refractivity contribution is -0.138. The van der Waals surface area contributed by atoms with Crippen molar-refractivity contribution in [2.75, 3.05) is 38.6 Å². The Morgan fingerprint density at radius 3 is 2.44 bits per heavy atom. The van der Waals surface area contributed by atoms with Crippen LogP contribution in [0, 0.1) is 5.92 Å². The van der Waals surface area contributed by atoms with E-state index in [1.54, 1.807) is 0 Å². The number of nitrogens with two attached hydrogens (primary N) is 1. The zero-order chi connectivity index (χ0) is 19.8. The molecule has 0 bridgehead atoms. The van der Waals surface area contributed by atoms with Gasteiger partial charge in [0.05, 0.1) is 17.7 Å². The van der Waals surface area contributed by atoms with Crippen LogP contribution in [0.2, 0.25) is 0 Å². The fourth-order valence-corrected chi connectivity index (χ4v) is 3.54. The molecule has 3 rings (SSSR count). The molecule has 0 atom stereocenters. The van der Waals surface area contributed by atoms with E-state index in [2.05, 4.69) is 4.99 Å². The van der Waals surface area contributed by atoms with E-state index in [0.717, 1.165) is 35.2 Å². The van der Waals surface area contributed by atoms with Gasteiger partial charge in [0.25, 0.3) is 5.91 Å². The molecule has 1 saturated heterocycles. The second-order valence-electron chi connectivity index (χ2n) is 7.15. The number of hydrogen-bond donors (Lipinski definition) is 1. The smallest absolute Gasteiger partial charge is 0.400 e. The van der Waals surface area contributed by atoms with E-state index in [1.807, 2.05) is 11.0 Å². The summed E-state index contributed by atoms with van der Waals surface area (Å²) in [6.07, 6.45) is -0.951. The molecular formula is C19H23F3N4O. The number of anilines is 1. The van der Waals surface area contributed by atoms with Gasteiger partial charge < -0.3 is 15.5 Å². The van der Waals surface area contributed by atoms with E-state index >= 15 is 0 Å². The number of halogens is 3. The van der Waals surface area contributed by atoms with Crippen LogP contribution < -0.4 is 10.6 Å². The van der Waals surface area contributed by atoms with Crippen LogP contribution in [-0.4, -0.2) is 50.2 Å². The maximum absolute atomic E-state index is 13.3. The normalized spacial score (nSPS) is 18.3. The Hall–Kier alpha value is -2.51. The van der Waals surface area contributed by atoms with Crippen LogP contribution in [0.15, 0.2) is 35.0 Å². The SMILES string of the molecule is CN(C)C(=O)c1cc(N2CCC(C3=NCC(N)=C3)CC2)ccc1C(F)(F)F. The van der Waals surface area contributed by atoms with E-state index in [1.165, 1.54) is 26.2 Å². The summed E-state index contributed by atoms with van der Waals surface area (Å²) in [5.41, 5.74) is 6.98. The zero-order valence-electron chi connectivity index (χ0n) is 15.4. The quantitative estimate of drug-likeness (QED) is 0.877. The highest BCUT2D eigenvalue weighted by Crippen LogP contribution is 2.35. The summed E-state index contributed by atoms with van der Waals surface area (Å²) in [4.78, 5) is 19.9. The van der Waals surface area contributed by atoms with Gasteiger partial charge in [-0.25, -0.2) is 0 Å². The summed E-state index contributed by atoms with van der Waals surface area (Å²) in [6.45, 7) is 1.93. The highest BCUT2D eigenvalue weighted by atomic mass is 19.4. The lowest BCUT2D eigenvalue weighted by atomic mass is 9.91. The van der Waals surface area contributed by atoms with Crippen molar-refractivity contribution < 1.29 is 18.0 Å². The Bertz CT molecular complexity index is 791. The minimum Gasteiger partial charge on any atom is -0.400 e. The summed E-state index contributed by atoms with van der Waals surface area (Å²) in [7, 11) is 2.89. The molecule has 0 saturated carbocycles. The van der Waals surface area contributed by atoms with Crippen LogP contribution in [0.25, 0.3) is 0 Å². The van der Waals surface area contributed by atoms with Crippen LogP contribution in [-0.2, 0) is 6.18 Å². The standard InChI is InChI=1S/C19H23F3N4O/c1-25(2)18(27)15-10-14(3-4-16(15)19(20,21)22)26-7-5-12(6-8-26)17-9-13(23)11-24-17/h3-4,9-10,12H,5-8,11,23H2,1-2H3. The van der Waals surface area contributed by atoms with E-state index < -0.39 is 17.6 Å². The summed E-state index contributed by atoms with van der Waals surface area (Å²) >= 11 is 0. The first-order valence-electron chi connectivity index (χ1n) is 8.85. The van der Waals surface area contributed by atoms with Gasteiger partial charge in [-0.15, -0.1) is 0 Å². The lowest BCUT2D eigenvalue weighted by Gasteiger charge is -2.34. The van der Waals surface area contributed by atoms with E-state index in [4.69, 9.17) is 5.73 Å². The third kappa shape index (κ3) is 4.09. The van der Waals surface area contributed by atoms with Gasteiger partial charge in [0.2, 0.25) is 0 Å². The predicted molar refractivity (Wildman–Crippen MR) is 99.0 cm³/mol. The molecule has 1 fully saturated rings. The number of allylic oxidation sites excluding steroid dienone is 1. The Morgan fingerprint density at radius 2 is 1.93 bits per heavy atom. The van der Waals surface area contributed by atoms with Gasteiger partial charge in [-0.2, -0.15) is 13.2 Å². The van der Waals surface area contributed by atoms with E-state index in [-0.39, 0.29) is 5.56 Å². The van der Waals surface area contributed by atoms with Crippen molar-refractivity contribution >= 4 is 17.3 Å². The Labute approximate surface area is 156 Å². The molecule has 146 valence electrons. The molecule has 1 aromatic rings. The number of rotatable bonds is 3. The van der Waals surface area contributed by atoms with Crippen molar-refractivity contribution in [2.45, 2.75) is 19.0 Å². The maximum atomic E-state index is 13.3. The second-order valence-corrected chi connectivity index (χ2v) is 7.15. The van der Waals surface area contributed by atoms with Crippen molar-refractivity contribution in [3.05, 3.63) is 41.1 Å². The Morgan fingerprint density at radius 1 is 1.26 bits per heavy atom. The highest BCUT2D eigenvalue weighted by molar-refractivity contribution is 5.99. The molecular weight excluding hydrogens is 357 g/mol. The van der Waals surface area contributed by atoms with Gasteiger partial charge >= 0.3 is 6.18 Å². The Balaban J connectivity index is 1.80. The number of carbonyl (C=O) groups excluding carboxylic acids is 1. The molecule has 8 heteroatoms. The number of piperidine rings is 1. The molecule has 2 heterocycles. The molecule has 27 heavy (non-hydrogen) atoms. The second kappa shape index (κ2) is 7.25. The van der Waals surface area contributed by atoms with Gasteiger partial charge in [0.1, 0.15) is 0 Å². The molecule has 0 aliphatic carbocycles. The van der Waals surface area contributed by atoms with Crippen LogP contribution in [0.4, 0.5) is 18.9 Å². The van der Waals surface area contributed by atoms with Gasteiger partial charge in [0, 0.05) is 50.2 Å². The summed E-state index contributed by atoms with van der Waals surface area (Å²) in [6, 6.07) is 3.81. The van der Waals surface area contributed by atoms with E-state index in [9.17, 15) is 18.0 Å². The molecule has 0 radical (unpaired) electrons. The first kappa shape index (κ1) is 19.3. The van der Waals surface area contributed by atoms with Crippen LogP contribution in [0.1, 0.15) is 28.8 Å². The first-order chi connectivity index (χ1) is 12.7. The van der Waals surface area contributed by atoms with E-state index in [0.29, 0.717) is 31.2 Å². The molecule has 5 nitrogen and oxygen atoms in total. The lowest BCUT2D eigenvalue weighted by Crippen LogP contribution is -2.36. The minimum absolute atomic E-state index is 0.317. The monoisotopic (exact) mass is 380 g/mol. The van der Waals surface area contributed by atoms with Crippen molar-refractivity contribution in [2.24, 2.45) is 16.6 Å². The summed E-state index contributed by atoms with van der Waals surface area (Å²) < 4.78 is 39.9. The number of benzene rings is 1. The topological polar surface area (TPSA) is 61.9 Å². The third-order valence-electron chi connectivity index (χ3n) is 5.00. The molecule has 2 N–H and O–H groups in total. The number of nitrogens with zero attached hydrogens (tertiary/aromatic N) is 3. The Kier molecular flexibility index (Phi) is 5.17. The first-order valence-corrected chi connectivity index (χ1v) is 8.85.